The van der Waals surface area contributed by atoms with E-state index < -0.39 is 0 Å². The first-order chi connectivity index (χ1) is 5.93. The molecule has 0 aliphatic carbocycles. The molecule has 1 aliphatic heterocycles. The molecule has 0 aromatic carbocycles. The molecule has 1 N–H and O–H groups in total. The maximum atomic E-state index is 5.43. The van der Waals surface area contributed by atoms with Crippen LogP contribution < -0.4 is 5.32 Å². The number of morpholine rings is 1. The molecule has 1 fully saturated rings. The molecule has 1 rings (SSSR count). The Labute approximate surface area is 73.2 Å². The highest BCUT2D eigenvalue weighted by Crippen LogP contribution is 1.96. The van der Waals surface area contributed by atoms with E-state index >= 15 is 0 Å². The number of rotatable bonds is 5. The van der Waals surface area contributed by atoms with Crippen molar-refractivity contribution in [1.29, 1.82) is 0 Å². The van der Waals surface area contributed by atoms with Gasteiger partial charge in [-0.05, 0) is 0 Å². The quantitative estimate of drug-likeness (QED) is 0.579. The summed E-state index contributed by atoms with van der Waals surface area (Å²) in [5.41, 5.74) is 0. The Morgan fingerprint density at radius 3 is 3.08 bits per heavy atom. The van der Waals surface area contributed by atoms with Gasteiger partial charge in [0, 0.05) is 20.2 Å². The minimum absolute atomic E-state index is 0.218. The lowest BCUT2D eigenvalue weighted by Crippen LogP contribution is -2.41. The van der Waals surface area contributed by atoms with Crippen LogP contribution in [0.1, 0.15) is 0 Å². The average molecular weight is 175 g/mol. The lowest BCUT2D eigenvalue weighted by Gasteiger charge is -2.23. The molecular formula is C8H17NO3. The van der Waals surface area contributed by atoms with E-state index in [1.807, 2.05) is 0 Å². The van der Waals surface area contributed by atoms with Crippen molar-refractivity contribution in [1.82, 2.24) is 5.32 Å². The predicted molar refractivity (Wildman–Crippen MR) is 45.3 cm³/mol. The van der Waals surface area contributed by atoms with Crippen molar-refractivity contribution in [3.05, 3.63) is 0 Å². The van der Waals surface area contributed by atoms with Crippen LogP contribution >= 0.6 is 0 Å². The van der Waals surface area contributed by atoms with Crippen LogP contribution in [0, 0.1) is 0 Å². The van der Waals surface area contributed by atoms with Crippen molar-refractivity contribution in [2.75, 3.05) is 46.6 Å². The summed E-state index contributed by atoms with van der Waals surface area (Å²) < 4.78 is 15.6. The van der Waals surface area contributed by atoms with E-state index in [0.29, 0.717) is 19.8 Å². The Morgan fingerprint density at radius 2 is 2.42 bits per heavy atom. The second-order valence-corrected chi connectivity index (χ2v) is 2.76. The predicted octanol–water partition coefficient (Wildman–Crippen LogP) is -0.362. The molecular weight excluding hydrogens is 158 g/mol. The first-order valence-corrected chi connectivity index (χ1v) is 4.32. The lowest BCUT2D eigenvalue weighted by molar-refractivity contribution is -0.0396. The van der Waals surface area contributed by atoms with Crippen LogP contribution in [0.25, 0.3) is 0 Å². The van der Waals surface area contributed by atoms with Gasteiger partial charge in [-0.25, -0.2) is 0 Å². The second-order valence-electron chi connectivity index (χ2n) is 2.76. The molecule has 1 heterocycles. The van der Waals surface area contributed by atoms with E-state index in [0.717, 1.165) is 19.7 Å². The monoisotopic (exact) mass is 175 g/mol. The third kappa shape index (κ3) is 4.01. The van der Waals surface area contributed by atoms with Gasteiger partial charge in [-0.15, -0.1) is 0 Å². The molecule has 4 heteroatoms. The van der Waals surface area contributed by atoms with E-state index in [2.05, 4.69) is 5.32 Å². The summed E-state index contributed by atoms with van der Waals surface area (Å²) in [6, 6.07) is 0. The zero-order valence-corrected chi connectivity index (χ0v) is 7.54. The number of hydrogen-bond donors (Lipinski definition) is 1. The molecule has 4 nitrogen and oxygen atoms in total. The normalized spacial score (nSPS) is 24.2. The summed E-state index contributed by atoms with van der Waals surface area (Å²) in [5.74, 6) is 0. The maximum Gasteiger partial charge on any atom is 0.0933 e. The van der Waals surface area contributed by atoms with Crippen LogP contribution in [-0.4, -0.2) is 52.7 Å². The summed E-state index contributed by atoms with van der Waals surface area (Å²) in [6.45, 7) is 4.60. The number of nitrogens with one attached hydrogen (secondary N) is 1. The first kappa shape index (κ1) is 9.92. The fraction of sp³-hybridized carbons (Fsp3) is 1.00. The summed E-state index contributed by atoms with van der Waals surface area (Å²) in [5, 5.41) is 3.24. The fourth-order valence-electron chi connectivity index (χ4n) is 1.08. The van der Waals surface area contributed by atoms with Gasteiger partial charge >= 0.3 is 0 Å². The van der Waals surface area contributed by atoms with Gasteiger partial charge < -0.3 is 19.5 Å². The van der Waals surface area contributed by atoms with Crippen LogP contribution in [0.3, 0.4) is 0 Å². The smallest absolute Gasteiger partial charge is 0.0933 e. The molecule has 0 saturated carbocycles. The standard InChI is InChI=1S/C8H17NO3/c1-10-4-5-11-7-8-6-9-2-3-12-8/h8-9H,2-7H2,1H3. The van der Waals surface area contributed by atoms with E-state index in [1.54, 1.807) is 7.11 Å². The topological polar surface area (TPSA) is 39.7 Å². The number of methoxy groups -OCH3 is 1. The van der Waals surface area contributed by atoms with Gasteiger partial charge in [0.05, 0.1) is 32.5 Å². The largest absolute Gasteiger partial charge is 0.382 e. The van der Waals surface area contributed by atoms with Crippen molar-refractivity contribution in [3.8, 4) is 0 Å². The van der Waals surface area contributed by atoms with Gasteiger partial charge in [-0.2, -0.15) is 0 Å². The van der Waals surface area contributed by atoms with Crippen molar-refractivity contribution in [3.63, 3.8) is 0 Å². The summed E-state index contributed by atoms with van der Waals surface area (Å²) in [4.78, 5) is 0. The Hall–Kier alpha value is -0.160. The Bertz CT molecular complexity index is 104. The van der Waals surface area contributed by atoms with Crippen LogP contribution in [0.2, 0.25) is 0 Å². The fourth-order valence-corrected chi connectivity index (χ4v) is 1.08. The third-order valence-corrected chi connectivity index (χ3v) is 1.74. The molecule has 1 unspecified atom stereocenters. The van der Waals surface area contributed by atoms with Gasteiger partial charge in [0.25, 0.3) is 0 Å². The SMILES string of the molecule is COCCOCC1CNCCO1. The third-order valence-electron chi connectivity index (χ3n) is 1.74. The highest BCUT2D eigenvalue weighted by atomic mass is 16.5. The molecule has 0 spiro atoms. The molecule has 1 aliphatic rings. The van der Waals surface area contributed by atoms with Gasteiger partial charge in [0.1, 0.15) is 0 Å². The minimum Gasteiger partial charge on any atom is -0.382 e. The zero-order chi connectivity index (χ0) is 8.65. The maximum absolute atomic E-state index is 5.43. The van der Waals surface area contributed by atoms with Crippen molar-refractivity contribution in [2.45, 2.75) is 6.10 Å². The Kier molecular flexibility index (Phi) is 5.27. The van der Waals surface area contributed by atoms with Crippen LogP contribution in [-0.2, 0) is 14.2 Å². The molecule has 0 amide bonds. The van der Waals surface area contributed by atoms with Crippen LogP contribution in [0.15, 0.2) is 0 Å². The first-order valence-electron chi connectivity index (χ1n) is 4.32. The molecule has 1 atom stereocenters. The van der Waals surface area contributed by atoms with E-state index in [1.165, 1.54) is 0 Å². The summed E-state index contributed by atoms with van der Waals surface area (Å²) in [6.07, 6.45) is 0.218. The Balaban J connectivity index is 1.91. The molecule has 1 saturated heterocycles. The molecule has 0 radical (unpaired) electrons. The van der Waals surface area contributed by atoms with E-state index in [4.69, 9.17) is 14.2 Å². The summed E-state index contributed by atoms with van der Waals surface area (Å²) >= 11 is 0. The number of ether oxygens (including phenoxy) is 3. The molecule has 12 heavy (non-hydrogen) atoms. The minimum atomic E-state index is 0.218. The van der Waals surface area contributed by atoms with Gasteiger partial charge in [0.15, 0.2) is 0 Å². The molecule has 0 bridgehead atoms. The molecule has 72 valence electrons. The second kappa shape index (κ2) is 6.37. The van der Waals surface area contributed by atoms with Crippen molar-refractivity contribution < 1.29 is 14.2 Å². The van der Waals surface area contributed by atoms with Gasteiger partial charge in [-0.3, -0.25) is 0 Å². The van der Waals surface area contributed by atoms with E-state index in [-0.39, 0.29) is 6.10 Å². The van der Waals surface area contributed by atoms with Crippen LogP contribution in [0.4, 0.5) is 0 Å². The number of hydrogen-bond acceptors (Lipinski definition) is 4. The van der Waals surface area contributed by atoms with Gasteiger partial charge in [0.2, 0.25) is 0 Å². The highest BCUT2D eigenvalue weighted by Gasteiger charge is 2.12. The molecule has 0 aromatic heterocycles. The molecule has 0 aromatic rings. The van der Waals surface area contributed by atoms with Gasteiger partial charge in [-0.1, -0.05) is 0 Å². The summed E-state index contributed by atoms with van der Waals surface area (Å²) in [7, 11) is 1.67. The highest BCUT2D eigenvalue weighted by molar-refractivity contribution is 4.65. The average Bonchev–Trinajstić information content (AvgIpc) is 2.14. The van der Waals surface area contributed by atoms with E-state index in [9.17, 15) is 0 Å². The van der Waals surface area contributed by atoms with Crippen molar-refractivity contribution >= 4 is 0 Å². The lowest BCUT2D eigenvalue weighted by atomic mass is 10.3. The zero-order valence-electron chi connectivity index (χ0n) is 7.54. The Morgan fingerprint density at radius 1 is 1.50 bits per heavy atom. The van der Waals surface area contributed by atoms with Crippen LogP contribution in [0.5, 0.6) is 0 Å². The van der Waals surface area contributed by atoms with Crippen molar-refractivity contribution in [2.24, 2.45) is 0 Å².